The minimum atomic E-state index is -5.26. The molecule has 40 heavy (non-hydrogen) atoms. The van der Waals surface area contributed by atoms with Gasteiger partial charge >= 0.3 is 12.4 Å². The number of benzene rings is 2. The van der Waals surface area contributed by atoms with Crippen molar-refractivity contribution in [3.8, 4) is 0 Å². The molecule has 1 N–H and O–H groups in total. The van der Waals surface area contributed by atoms with Crippen molar-refractivity contribution in [1.29, 1.82) is 0 Å². The Balaban J connectivity index is 2.42. The van der Waals surface area contributed by atoms with Crippen LogP contribution in [0, 0.1) is 0 Å². The SMILES string of the molecule is CN(CC(F)(F)F)C(=O)CNC(=O)c1ccc(/C(F)=C/C(c2cc(Cl)c(Cl)c(Cl)c2)C(C)(F)F)cc1C(F)(F)F. The van der Waals surface area contributed by atoms with Crippen molar-refractivity contribution in [2.45, 2.75) is 31.1 Å². The van der Waals surface area contributed by atoms with Crippen LogP contribution in [0.25, 0.3) is 5.83 Å². The second-order valence-corrected chi connectivity index (χ2v) is 9.75. The van der Waals surface area contributed by atoms with Gasteiger partial charge in [0.15, 0.2) is 0 Å². The molecule has 0 aliphatic carbocycles. The van der Waals surface area contributed by atoms with E-state index in [2.05, 4.69) is 0 Å². The highest BCUT2D eigenvalue weighted by atomic mass is 35.5. The molecule has 0 saturated carbocycles. The molecule has 1 atom stereocenters. The number of halogens is 12. The van der Waals surface area contributed by atoms with Gasteiger partial charge in [-0.3, -0.25) is 9.59 Å². The fourth-order valence-corrected chi connectivity index (χ4v) is 4.01. The molecule has 2 aromatic rings. The summed E-state index contributed by atoms with van der Waals surface area (Å²) in [5, 5.41) is 1.15. The second-order valence-electron chi connectivity index (χ2n) is 8.55. The molecule has 2 amide bonds. The molecule has 2 rings (SSSR count). The summed E-state index contributed by atoms with van der Waals surface area (Å²) in [6, 6.07) is 3.39. The molecule has 0 bridgehead atoms. The first-order valence-electron chi connectivity index (χ1n) is 10.8. The number of carbonyl (C=O) groups is 2. The Hall–Kier alpha value is -2.64. The van der Waals surface area contributed by atoms with Crippen LogP contribution in [0.15, 0.2) is 36.4 Å². The lowest BCUT2D eigenvalue weighted by molar-refractivity contribution is -0.157. The predicted octanol–water partition coefficient (Wildman–Crippen LogP) is 8.17. The molecule has 1 unspecified atom stereocenters. The van der Waals surface area contributed by atoms with E-state index in [9.17, 15) is 44.7 Å². The van der Waals surface area contributed by atoms with E-state index in [0.717, 1.165) is 19.2 Å². The van der Waals surface area contributed by atoms with Crippen LogP contribution in [0.3, 0.4) is 0 Å². The van der Waals surface area contributed by atoms with E-state index >= 15 is 4.39 Å². The number of carbonyl (C=O) groups excluding carboxylic acids is 2. The van der Waals surface area contributed by atoms with Gasteiger partial charge in [0.05, 0.1) is 38.7 Å². The number of amides is 2. The van der Waals surface area contributed by atoms with E-state index in [1.54, 1.807) is 5.32 Å². The highest BCUT2D eigenvalue weighted by molar-refractivity contribution is 6.48. The molecule has 0 fully saturated rings. The van der Waals surface area contributed by atoms with Crippen molar-refractivity contribution in [3.63, 3.8) is 0 Å². The van der Waals surface area contributed by atoms with E-state index in [4.69, 9.17) is 34.8 Å². The molecule has 2 aromatic carbocycles. The number of likely N-dealkylation sites (N-methyl/N-ethyl adjacent to an activating group) is 1. The largest absolute Gasteiger partial charge is 0.417 e. The van der Waals surface area contributed by atoms with Gasteiger partial charge in [0.2, 0.25) is 5.91 Å². The summed E-state index contributed by atoms with van der Waals surface area (Å²) in [5.74, 6) is -9.98. The number of allylic oxidation sites excluding steroid dienone is 1. The highest BCUT2D eigenvalue weighted by Crippen LogP contribution is 2.42. The predicted molar refractivity (Wildman–Crippen MR) is 131 cm³/mol. The summed E-state index contributed by atoms with van der Waals surface area (Å²) in [4.78, 5) is 24.3. The van der Waals surface area contributed by atoms with Crippen molar-refractivity contribution in [1.82, 2.24) is 10.2 Å². The van der Waals surface area contributed by atoms with Gasteiger partial charge in [-0.2, -0.15) is 26.3 Å². The molecule has 0 saturated heterocycles. The van der Waals surface area contributed by atoms with Crippen LogP contribution in [0.2, 0.25) is 15.1 Å². The van der Waals surface area contributed by atoms with Gasteiger partial charge in [0.1, 0.15) is 12.4 Å². The van der Waals surface area contributed by atoms with E-state index in [-0.39, 0.29) is 31.6 Å². The maximum atomic E-state index is 15.1. The average molecular weight is 644 g/mol. The van der Waals surface area contributed by atoms with Crippen molar-refractivity contribution < 1.29 is 49.1 Å². The Kier molecular flexibility index (Phi) is 10.5. The molecule has 0 radical (unpaired) electrons. The Morgan fingerprint density at radius 1 is 0.975 bits per heavy atom. The van der Waals surface area contributed by atoms with Gasteiger partial charge in [-0.1, -0.05) is 40.9 Å². The van der Waals surface area contributed by atoms with E-state index in [1.807, 2.05) is 0 Å². The molecule has 220 valence electrons. The van der Waals surface area contributed by atoms with Gasteiger partial charge in [0, 0.05) is 19.5 Å². The van der Waals surface area contributed by atoms with Crippen LogP contribution >= 0.6 is 34.8 Å². The third-order valence-electron chi connectivity index (χ3n) is 5.31. The topological polar surface area (TPSA) is 49.4 Å². The summed E-state index contributed by atoms with van der Waals surface area (Å²) in [6.45, 7) is -2.31. The fourth-order valence-electron chi connectivity index (χ4n) is 3.40. The smallest absolute Gasteiger partial charge is 0.343 e. The number of rotatable bonds is 8. The monoisotopic (exact) mass is 642 g/mol. The Bertz CT molecular complexity index is 1280. The minimum Gasteiger partial charge on any atom is -0.343 e. The molecule has 0 aromatic heterocycles. The summed E-state index contributed by atoms with van der Waals surface area (Å²) < 4.78 is 122. The van der Waals surface area contributed by atoms with Crippen molar-refractivity contribution in [2.75, 3.05) is 20.1 Å². The van der Waals surface area contributed by atoms with Crippen LogP contribution < -0.4 is 5.32 Å². The second kappa shape index (κ2) is 12.5. The van der Waals surface area contributed by atoms with Crippen molar-refractivity contribution >= 4 is 52.4 Å². The number of hydrogen-bond donors (Lipinski definition) is 1. The first kappa shape index (κ1) is 33.6. The lowest BCUT2D eigenvalue weighted by atomic mass is 9.91. The molecule has 0 spiro atoms. The van der Waals surface area contributed by atoms with Crippen molar-refractivity contribution in [3.05, 3.63) is 73.7 Å². The van der Waals surface area contributed by atoms with E-state index < -0.39 is 71.6 Å². The quantitative estimate of drug-likeness (QED) is 0.233. The minimum absolute atomic E-state index is 0.160. The van der Waals surface area contributed by atoms with Gasteiger partial charge in [-0.05, 0) is 35.9 Å². The molecule has 16 heteroatoms. The highest BCUT2D eigenvalue weighted by Gasteiger charge is 2.38. The summed E-state index contributed by atoms with van der Waals surface area (Å²) >= 11 is 17.5. The maximum Gasteiger partial charge on any atom is 0.417 e. The fraction of sp³-hybridized carbons (Fsp3) is 0.333. The lowest BCUT2D eigenvalue weighted by Crippen LogP contribution is -2.42. The van der Waals surface area contributed by atoms with Gasteiger partial charge in [-0.15, -0.1) is 0 Å². The van der Waals surface area contributed by atoms with Gasteiger partial charge < -0.3 is 10.2 Å². The summed E-state index contributed by atoms with van der Waals surface area (Å²) in [6.07, 6.45) is -9.66. The number of alkyl halides is 8. The van der Waals surface area contributed by atoms with Crippen LogP contribution in [0.1, 0.15) is 39.9 Å². The molecule has 0 aliphatic heterocycles. The normalized spacial score (nSPS) is 13.7. The Labute approximate surface area is 236 Å². The standard InChI is InChI=1S/C24H18Cl3F9N2O2/c1-22(29,30)14(12-6-16(25)20(27)17(26)7-12)8-18(28)11-3-4-13(15(5-11)24(34,35)36)21(40)37-9-19(39)38(2)10-23(31,32)33/h3-8,14H,9-10H2,1-2H3,(H,37,40)/b18-8-. The van der Waals surface area contributed by atoms with Crippen LogP contribution in [-0.4, -0.2) is 49.0 Å². The lowest BCUT2D eigenvalue weighted by Gasteiger charge is -2.22. The van der Waals surface area contributed by atoms with Crippen LogP contribution in [0.5, 0.6) is 0 Å². The molecular formula is C24H18Cl3F9N2O2. The van der Waals surface area contributed by atoms with Crippen molar-refractivity contribution in [2.24, 2.45) is 0 Å². The molecule has 4 nitrogen and oxygen atoms in total. The Morgan fingerprint density at radius 2 is 1.52 bits per heavy atom. The maximum absolute atomic E-state index is 15.1. The zero-order valence-corrected chi connectivity index (χ0v) is 22.5. The average Bonchev–Trinajstić information content (AvgIpc) is 2.80. The first-order valence-corrected chi connectivity index (χ1v) is 11.9. The number of hydrogen-bond acceptors (Lipinski definition) is 2. The zero-order chi connectivity index (χ0) is 30.8. The summed E-state index contributed by atoms with van der Waals surface area (Å²) in [7, 11) is 0.770. The Morgan fingerprint density at radius 3 is 2.00 bits per heavy atom. The van der Waals surface area contributed by atoms with Gasteiger partial charge in [-0.25, -0.2) is 13.2 Å². The third kappa shape index (κ3) is 8.93. The van der Waals surface area contributed by atoms with E-state index in [0.29, 0.717) is 25.1 Å². The van der Waals surface area contributed by atoms with E-state index in [1.165, 1.54) is 0 Å². The first-order chi connectivity index (χ1) is 18.1. The molecule has 0 heterocycles. The van der Waals surface area contributed by atoms with Crippen LogP contribution in [-0.2, 0) is 11.0 Å². The number of nitrogens with one attached hydrogen (secondary N) is 1. The molecule has 0 aliphatic rings. The third-order valence-corrected chi connectivity index (χ3v) is 6.51. The zero-order valence-electron chi connectivity index (χ0n) is 20.3. The van der Waals surface area contributed by atoms with Gasteiger partial charge in [0.25, 0.3) is 11.8 Å². The number of nitrogens with zero attached hydrogens (tertiary/aromatic N) is 1. The molecular weight excluding hydrogens is 626 g/mol. The summed E-state index contributed by atoms with van der Waals surface area (Å²) in [5.41, 5.74) is -3.91. The van der Waals surface area contributed by atoms with Crippen LogP contribution in [0.4, 0.5) is 39.5 Å².